The largest absolute Gasteiger partial charge is 0.310 e. The molecule has 5 nitrogen and oxygen atoms in total. The highest BCUT2D eigenvalue weighted by molar-refractivity contribution is 5.94. The molecule has 1 aromatic heterocycles. The molecule has 2 rings (SSSR count). The van der Waals surface area contributed by atoms with E-state index in [9.17, 15) is 4.79 Å². The summed E-state index contributed by atoms with van der Waals surface area (Å²) in [6.45, 7) is 3.70. The van der Waals surface area contributed by atoms with E-state index in [4.69, 9.17) is 0 Å². The fourth-order valence-electron chi connectivity index (χ4n) is 1.98. The van der Waals surface area contributed by atoms with Crippen LogP contribution in [0.25, 0.3) is 0 Å². The van der Waals surface area contributed by atoms with Crippen LogP contribution in [0.5, 0.6) is 0 Å². The van der Waals surface area contributed by atoms with Crippen molar-refractivity contribution in [3.05, 3.63) is 12.3 Å². The van der Waals surface area contributed by atoms with E-state index in [-0.39, 0.29) is 11.9 Å². The van der Waals surface area contributed by atoms with Crippen LogP contribution in [-0.4, -0.2) is 28.3 Å². The van der Waals surface area contributed by atoms with Gasteiger partial charge in [0.15, 0.2) is 0 Å². The predicted octanol–water partition coefficient (Wildman–Crippen LogP) is 0.984. The van der Waals surface area contributed by atoms with E-state index in [1.165, 1.54) is 0 Å². The van der Waals surface area contributed by atoms with Crippen LogP contribution in [0, 0.1) is 0 Å². The number of nitrogens with one attached hydrogen (secondary N) is 2. The maximum atomic E-state index is 11.9. The second kappa shape index (κ2) is 5.12. The highest BCUT2D eigenvalue weighted by Crippen LogP contribution is 2.11. The third-order valence-corrected chi connectivity index (χ3v) is 2.89. The van der Waals surface area contributed by atoms with E-state index >= 15 is 0 Å². The quantitative estimate of drug-likeness (QED) is 0.801. The molecule has 0 aromatic carbocycles. The van der Waals surface area contributed by atoms with Crippen molar-refractivity contribution in [3.8, 4) is 0 Å². The van der Waals surface area contributed by atoms with Crippen molar-refractivity contribution >= 4 is 11.7 Å². The topological polar surface area (TPSA) is 59.0 Å². The molecule has 0 bridgehead atoms. The third kappa shape index (κ3) is 2.41. The van der Waals surface area contributed by atoms with Crippen molar-refractivity contribution in [1.82, 2.24) is 15.1 Å². The fourth-order valence-corrected chi connectivity index (χ4v) is 1.98. The van der Waals surface area contributed by atoms with Crippen molar-refractivity contribution in [2.75, 3.05) is 11.9 Å². The number of rotatable bonds is 3. The zero-order valence-electron chi connectivity index (χ0n) is 9.57. The minimum atomic E-state index is -0.0473. The summed E-state index contributed by atoms with van der Waals surface area (Å²) in [4.78, 5) is 11.9. The summed E-state index contributed by atoms with van der Waals surface area (Å²) < 4.78 is 1.78. The van der Waals surface area contributed by atoms with Crippen LogP contribution in [0.15, 0.2) is 12.3 Å². The molecule has 1 amide bonds. The number of aryl methyl sites for hydroxylation is 1. The SMILES string of the molecule is CCn1nccc1NC(=O)[C@@H]1CCCCN1. The molecule has 1 aromatic rings. The molecular weight excluding hydrogens is 204 g/mol. The van der Waals surface area contributed by atoms with Crippen LogP contribution < -0.4 is 10.6 Å². The molecule has 16 heavy (non-hydrogen) atoms. The normalized spacial score (nSPS) is 20.7. The molecule has 0 spiro atoms. The Morgan fingerprint density at radius 1 is 1.69 bits per heavy atom. The molecule has 0 unspecified atom stereocenters. The maximum Gasteiger partial charge on any atom is 0.242 e. The van der Waals surface area contributed by atoms with Crippen LogP contribution >= 0.6 is 0 Å². The summed E-state index contributed by atoms with van der Waals surface area (Å²) in [5.41, 5.74) is 0. The Kier molecular flexibility index (Phi) is 3.56. The van der Waals surface area contributed by atoms with E-state index in [0.29, 0.717) is 0 Å². The molecule has 1 saturated heterocycles. The number of carbonyl (C=O) groups excluding carboxylic acids is 1. The minimum absolute atomic E-state index is 0.0473. The van der Waals surface area contributed by atoms with Crippen molar-refractivity contribution < 1.29 is 4.79 Å². The molecule has 0 radical (unpaired) electrons. The molecular formula is C11H18N4O. The monoisotopic (exact) mass is 222 g/mol. The van der Waals surface area contributed by atoms with Crippen molar-refractivity contribution in [1.29, 1.82) is 0 Å². The predicted molar refractivity (Wildman–Crippen MR) is 62.2 cm³/mol. The average Bonchev–Trinajstić information content (AvgIpc) is 2.77. The van der Waals surface area contributed by atoms with Gasteiger partial charge in [0.05, 0.1) is 12.2 Å². The Hall–Kier alpha value is -1.36. The van der Waals surface area contributed by atoms with Gasteiger partial charge in [-0.05, 0) is 26.3 Å². The first-order valence-electron chi connectivity index (χ1n) is 5.87. The highest BCUT2D eigenvalue weighted by Gasteiger charge is 2.21. The number of amides is 1. The van der Waals surface area contributed by atoms with Gasteiger partial charge in [-0.25, -0.2) is 4.68 Å². The second-order valence-electron chi connectivity index (χ2n) is 4.02. The van der Waals surface area contributed by atoms with Crippen molar-refractivity contribution in [2.24, 2.45) is 0 Å². The Bertz CT molecular complexity index is 355. The molecule has 0 aliphatic carbocycles. The summed E-state index contributed by atoms with van der Waals surface area (Å²) in [7, 11) is 0. The molecule has 1 aliphatic rings. The summed E-state index contributed by atoms with van der Waals surface area (Å²) in [6, 6.07) is 1.78. The molecule has 1 aliphatic heterocycles. The van der Waals surface area contributed by atoms with Gasteiger partial charge in [0.25, 0.3) is 0 Å². The first kappa shape index (κ1) is 11.1. The zero-order valence-corrected chi connectivity index (χ0v) is 9.57. The van der Waals surface area contributed by atoms with Crippen LogP contribution in [0.1, 0.15) is 26.2 Å². The zero-order chi connectivity index (χ0) is 11.4. The Morgan fingerprint density at radius 3 is 3.25 bits per heavy atom. The summed E-state index contributed by atoms with van der Waals surface area (Å²) in [5.74, 6) is 0.828. The molecule has 2 heterocycles. The van der Waals surface area contributed by atoms with Gasteiger partial charge in [-0.2, -0.15) is 5.10 Å². The van der Waals surface area contributed by atoms with Gasteiger partial charge in [0, 0.05) is 12.6 Å². The summed E-state index contributed by atoms with van der Waals surface area (Å²) >= 11 is 0. The molecule has 2 N–H and O–H groups in total. The standard InChI is InChI=1S/C11H18N4O/c1-2-15-10(6-8-13-15)14-11(16)9-5-3-4-7-12-9/h6,8-9,12H,2-5,7H2,1H3,(H,14,16)/t9-/m0/s1. The summed E-state index contributed by atoms with van der Waals surface area (Å²) in [5, 5.41) is 10.3. The third-order valence-electron chi connectivity index (χ3n) is 2.89. The van der Waals surface area contributed by atoms with Crippen molar-refractivity contribution in [3.63, 3.8) is 0 Å². The summed E-state index contributed by atoms with van der Waals surface area (Å²) in [6.07, 6.45) is 4.91. The van der Waals surface area contributed by atoms with E-state index in [1.807, 2.05) is 13.0 Å². The fraction of sp³-hybridized carbons (Fsp3) is 0.636. The molecule has 1 fully saturated rings. The Labute approximate surface area is 95.2 Å². The maximum absolute atomic E-state index is 11.9. The lowest BCUT2D eigenvalue weighted by molar-refractivity contribution is -0.118. The van der Waals surface area contributed by atoms with Crippen LogP contribution in [0.4, 0.5) is 5.82 Å². The van der Waals surface area contributed by atoms with E-state index in [1.54, 1.807) is 10.9 Å². The van der Waals surface area contributed by atoms with Crippen LogP contribution in [0.3, 0.4) is 0 Å². The van der Waals surface area contributed by atoms with Gasteiger partial charge < -0.3 is 10.6 Å². The number of piperidine rings is 1. The van der Waals surface area contributed by atoms with Crippen molar-refractivity contribution in [2.45, 2.75) is 38.8 Å². The highest BCUT2D eigenvalue weighted by atomic mass is 16.2. The van der Waals surface area contributed by atoms with Crippen LogP contribution in [-0.2, 0) is 11.3 Å². The van der Waals surface area contributed by atoms with Crippen LogP contribution in [0.2, 0.25) is 0 Å². The first-order chi connectivity index (χ1) is 7.81. The average molecular weight is 222 g/mol. The van der Waals surface area contributed by atoms with Gasteiger partial charge >= 0.3 is 0 Å². The second-order valence-corrected chi connectivity index (χ2v) is 4.02. The molecule has 0 saturated carbocycles. The number of hydrogen-bond acceptors (Lipinski definition) is 3. The van der Waals surface area contributed by atoms with E-state index in [2.05, 4.69) is 15.7 Å². The first-order valence-corrected chi connectivity index (χ1v) is 5.87. The number of nitrogens with zero attached hydrogens (tertiary/aromatic N) is 2. The molecule has 88 valence electrons. The number of carbonyl (C=O) groups is 1. The van der Waals surface area contributed by atoms with Gasteiger partial charge in [-0.3, -0.25) is 4.79 Å². The number of hydrogen-bond donors (Lipinski definition) is 2. The van der Waals surface area contributed by atoms with Gasteiger partial charge in [-0.15, -0.1) is 0 Å². The van der Waals surface area contributed by atoms with Gasteiger partial charge in [-0.1, -0.05) is 6.42 Å². The lowest BCUT2D eigenvalue weighted by Crippen LogP contribution is -2.43. The smallest absolute Gasteiger partial charge is 0.242 e. The Balaban J connectivity index is 1.95. The number of anilines is 1. The van der Waals surface area contributed by atoms with Gasteiger partial charge in [0.2, 0.25) is 5.91 Å². The lowest BCUT2D eigenvalue weighted by Gasteiger charge is -2.22. The lowest BCUT2D eigenvalue weighted by atomic mass is 10.0. The van der Waals surface area contributed by atoms with Gasteiger partial charge in [0.1, 0.15) is 5.82 Å². The molecule has 1 atom stereocenters. The number of aromatic nitrogens is 2. The molecule has 5 heteroatoms. The Morgan fingerprint density at radius 2 is 2.56 bits per heavy atom. The van der Waals surface area contributed by atoms with E-state index in [0.717, 1.165) is 38.2 Å². The van der Waals surface area contributed by atoms with E-state index < -0.39 is 0 Å². The minimum Gasteiger partial charge on any atom is -0.310 e.